The van der Waals surface area contributed by atoms with Crippen molar-refractivity contribution in [2.75, 3.05) is 6.54 Å². The summed E-state index contributed by atoms with van der Waals surface area (Å²) in [5.74, 6) is 0.0994. The summed E-state index contributed by atoms with van der Waals surface area (Å²) in [6, 6.07) is 15.3. The monoisotopic (exact) mass is 372 g/mol. The van der Waals surface area contributed by atoms with Crippen molar-refractivity contribution in [3.63, 3.8) is 0 Å². The first-order valence-corrected chi connectivity index (χ1v) is 10.4. The number of nitrogens with zero attached hydrogens (tertiary/aromatic N) is 1. The third-order valence-corrected chi connectivity index (χ3v) is 5.69. The zero-order valence-electron chi connectivity index (χ0n) is 15.1. The molecule has 2 aromatic carbocycles. The summed E-state index contributed by atoms with van der Waals surface area (Å²) in [6.07, 6.45) is 0.943. The van der Waals surface area contributed by atoms with Crippen molar-refractivity contribution in [1.82, 2.24) is 4.90 Å². The number of nitrogens with two attached hydrogens (primary N) is 1. The van der Waals surface area contributed by atoms with E-state index in [2.05, 4.69) is 38.1 Å². The molecule has 3 rings (SSSR count). The van der Waals surface area contributed by atoms with Crippen LogP contribution in [-0.2, 0) is 15.8 Å². The summed E-state index contributed by atoms with van der Waals surface area (Å²) in [5, 5.41) is 5.06. The van der Waals surface area contributed by atoms with Crippen LogP contribution < -0.4 is 5.14 Å². The Labute approximate surface area is 154 Å². The van der Waals surface area contributed by atoms with Gasteiger partial charge < -0.3 is 4.90 Å². The normalized spacial score (nSPS) is 20.3. The zero-order chi connectivity index (χ0) is 18.9. The molecule has 6 heteroatoms. The maximum Gasteiger partial charge on any atom is 0.254 e. The number of carbonyl (C=O) groups excluding carboxylic acids is 1. The fraction of sp³-hybridized carbons (Fsp3) is 0.350. The highest BCUT2D eigenvalue weighted by atomic mass is 32.2. The number of carbonyl (C=O) groups is 1. The van der Waals surface area contributed by atoms with Crippen LogP contribution in [0.3, 0.4) is 0 Å². The number of hydrogen-bond donors (Lipinski definition) is 1. The number of benzene rings is 2. The summed E-state index contributed by atoms with van der Waals surface area (Å²) < 4.78 is 22.3. The van der Waals surface area contributed by atoms with Gasteiger partial charge in [-0.3, -0.25) is 4.79 Å². The standard InChI is InChI=1S/C20H24N2O3S/c1-14-3-7-17(8-4-14)19-11-15(2)22(12-19)20(23)18-9-5-16(6-10-18)13-26(21,24)25/h3-10,15,19H,11-13H2,1-2H3,(H2,21,24,25). The summed E-state index contributed by atoms with van der Waals surface area (Å²) in [7, 11) is -3.57. The molecule has 2 N–H and O–H groups in total. The Hall–Kier alpha value is -2.18. The first-order chi connectivity index (χ1) is 12.2. The van der Waals surface area contributed by atoms with Gasteiger partial charge in [0, 0.05) is 24.1 Å². The first kappa shape index (κ1) is 18.6. The maximum atomic E-state index is 12.9. The second-order valence-electron chi connectivity index (χ2n) is 7.15. The minimum atomic E-state index is -3.57. The molecule has 0 aliphatic carbocycles. The van der Waals surface area contributed by atoms with Gasteiger partial charge in [0.1, 0.15) is 0 Å². The van der Waals surface area contributed by atoms with E-state index >= 15 is 0 Å². The predicted molar refractivity (Wildman–Crippen MR) is 102 cm³/mol. The van der Waals surface area contributed by atoms with E-state index in [0.29, 0.717) is 23.6 Å². The van der Waals surface area contributed by atoms with Crippen LogP contribution >= 0.6 is 0 Å². The van der Waals surface area contributed by atoms with Gasteiger partial charge in [0.2, 0.25) is 10.0 Å². The molecule has 2 atom stereocenters. The van der Waals surface area contributed by atoms with Gasteiger partial charge in [-0.1, -0.05) is 42.0 Å². The van der Waals surface area contributed by atoms with Crippen molar-refractivity contribution in [1.29, 1.82) is 0 Å². The number of rotatable bonds is 4. The van der Waals surface area contributed by atoms with Crippen LogP contribution in [0.25, 0.3) is 0 Å². The SMILES string of the molecule is Cc1ccc(C2CC(C)N(C(=O)c3ccc(CS(N)(=O)=O)cc3)C2)cc1. The van der Waals surface area contributed by atoms with Gasteiger partial charge in [-0.15, -0.1) is 0 Å². The lowest BCUT2D eigenvalue weighted by atomic mass is 9.96. The second-order valence-corrected chi connectivity index (χ2v) is 8.77. The average Bonchev–Trinajstić information content (AvgIpc) is 2.96. The van der Waals surface area contributed by atoms with Gasteiger partial charge in [-0.05, 0) is 43.5 Å². The molecule has 1 amide bonds. The van der Waals surface area contributed by atoms with Gasteiger partial charge in [0.15, 0.2) is 0 Å². The Balaban J connectivity index is 1.72. The minimum Gasteiger partial charge on any atom is -0.335 e. The number of sulfonamides is 1. The molecule has 2 unspecified atom stereocenters. The van der Waals surface area contributed by atoms with E-state index in [1.165, 1.54) is 11.1 Å². The molecular weight excluding hydrogens is 348 g/mol. The highest BCUT2D eigenvalue weighted by molar-refractivity contribution is 7.88. The highest BCUT2D eigenvalue weighted by Gasteiger charge is 2.33. The molecule has 0 aromatic heterocycles. The number of amides is 1. The molecule has 1 fully saturated rings. The van der Waals surface area contributed by atoms with Gasteiger partial charge in [0.25, 0.3) is 5.91 Å². The molecule has 5 nitrogen and oxygen atoms in total. The molecule has 26 heavy (non-hydrogen) atoms. The maximum absolute atomic E-state index is 12.9. The molecule has 1 saturated heterocycles. The Morgan fingerprint density at radius 2 is 1.73 bits per heavy atom. The van der Waals surface area contributed by atoms with Crippen LogP contribution in [0, 0.1) is 6.92 Å². The lowest BCUT2D eigenvalue weighted by Crippen LogP contribution is -2.33. The highest BCUT2D eigenvalue weighted by Crippen LogP contribution is 2.32. The summed E-state index contributed by atoms with van der Waals surface area (Å²) in [5.41, 5.74) is 3.64. The number of primary sulfonamides is 1. The molecule has 0 radical (unpaired) electrons. The van der Waals surface area contributed by atoms with Crippen LogP contribution in [0.15, 0.2) is 48.5 Å². The molecular formula is C20H24N2O3S. The van der Waals surface area contributed by atoms with Crippen LogP contribution in [0.5, 0.6) is 0 Å². The van der Waals surface area contributed by atoms with Crippen molar-refractivity contribution in [2.45, 2.75) is 38.0 Å². The average molecular weight is 372 g/mol. The molecule has 138 valence electrons. The van der Waals surface area contributed by atoms with Gasteiger partial charge in [-0.25, -0.2) is 13.6 Å². The van der Waals surface area contributed by atoms with Crippen LogP contribution in [0.2, 0.25) is 0 Å². The number of likely N-dealkylation sites (tertiary alicyclic amines) is 1. The molecule has 1 aliphatic heterocycles. The largest absolute Gasteiger partial charge is 0.335 e. The first-order valence-electron chi connectivity index (χ1n) is 8.70. The van der Waals surface area contributed by atoms with Crippen molar-refractivity contribution in [3.05, 3.63) is 70.8 Å². The molecule has 2 aromatic rings. The quantitative estimate of drug-likeness (QED) is 0.896. The molecule has 0 saturated carbocycles. The van der Waals surface area contributed by atoms with E-state index in [-0.39, 0.29) is 17.7 Å². The lowest BCUT2D eigenvalue weighted by Gasteiger charge is -2.21. The minimum absolute atomic E-state index is 0.0192. The number of aryl methyl sites for hydroxylation is 1. The Bertz CT molecular complexity index is 890. The van der Waals surface area contributed by atoms with Gasteiger partial charge in [0.05, 0.1) is 5.75 Å². The molecule has 0 spiro atoms. The van der Waals surface area contributed by atoms with Crippen LogP contribution in [0.1, 0.15) is 46.3 Å². The van der Waals surface area contributed by atoms with E-state index in [0.717, 1.165) is 6.42 Å². The fourth-order valence-electron chi connectivity index (χ4n) is 3.54. The number of hydrogen-bond acceptors (Lipinski definition) is 3. The third-order valence-electron chi connectivity index (χ3n) is 4.95. The summed E-state index contributed by atoms with van der Waals surface area (Å²) >= 11 is 0. The van der Waals surface area contributed by atoms with Crippen molar-refractivity contribution in [2.24, 2.45) is 5.14 Å². The van der Waals surface area contributed by atoms with Gasteiger partial charge in [-0.2, -0.15) is 0 Å². The molecule has 0 bridgehead atoms. The van der Waals surface area contributed by atoms with Crippen LogP contribution in [0.4, 0.5) is 0 Å². The Morgan fingerprint density at radius 3 is 2.31 bits per heavy atom. The van der Waals surface area contributed by atoms with Crippen molar-refractivity contribution < 1.29 is 13.2 Å². The topological polar surface area (TPSA) is 80.5 Å². The van der Waals surface area contributed by atoms with E-state index < -0.39 is 10.0 Å². The van der Waals surface area contributed by atoms with E-state index in [9.17, 15) is 13.2 Å². The van der Waals surface area contributed by atoms with E-state index in [1.807, 2.05) is 4.90 Å². The Morgan fingerprint density at radius 1 is 1.12 bits per heavy atom. The smallest absolute Gasteiger partial charge is 0.254 e. The summed E-state index contributed by atoms with van der Waals surface area (Å²) in [4.78, 5) is 14.8. The van der Waals surface area contributed by atoms with Crippen LogP contribution in [-0.4, -0.2) is 31.8 Å². The van der Waals surface area contributed by atoms with E-state index in [1.54, 1.807) is 24.3 Å². The summed E-state index contributed by atoms with van der Waals surface area (Å²) in [6.45, 7) is 4.83. The Kier molecular flexibility index (Phi) is 5.16. The molecule has 1 heterocycles. The van der Waals surface area contributed by atoms with Gasteiger partial charge >= 0.3 is 0 Å². The fourth-order valence-corrected chi connectivity index (χ4v) is 4.19. The third kappa shape index (κ3) is 4.31. The second kappa shape index (κ2) is 7.21. The van der Waals surface area contributed by atoms with Crippen molar-refractivity contribution in [3.8, 4) is 0 Å². The molecule has 1 aliphatic rings. The predicted octanol–water partition coefficient (Wildman–Crippen LogP) is 2.80. The van der Waals surface area contributed by atoms with E-state index in [4.69, 9.17) is 5.14 Å². The zero-order valence-corrected chi connectivity index (χ0v) is 15.9. The lowest BCUT2D eigenvalue weighted by molar-refractivity contribution is 0.0746. The van der Waals surface area contributed by atoms with Crippen molar-refractivity contribution >= 4 is 15.9 Å².